The second-order valence-corrected chi connectivity index (χ2v) is 7.55. The molecule has 0 unspecified atom stereocenters. The van der Waals surface area contributed by atoms with Crippen molar-refractivity contribution >= 4 is 16.9 Å². The summed E-state index contributed by atoms with van der Waals surface area (Å²) in [6.07, 6.45) is 4.56. The second-order valence-electron chi connectivity index (χ2n) is 7.55. The number of ether oxygens (including phenoxy) is 2. The average molecular weight is 375 g/mol. The van der Waals surface area contributed by atoms with Crippen LogP contribution in [-0.2, 0) is 24.1 Å². The summed E-state index contributed by atoms with van der Waals surface area (Å²) >= 11 is 0. The average Bonchev–Trinajstić information content (AvgIpc) is 3.15. The van der Waals surface area contributed by atoms with E-state index in [1.54, 1.807) is 0 Å². The number of hydrogen-bond donors (Lipinski definition) is 1. The molecule has 0 bridgehead atoms. The third-order valence-corrected chi connectivity index (χ3v) is 5.82. The molecular weight excluding hydrogens is 354 g/mol. The van der Waals surface area contributed by atoms with E-state index in [9.17, 15) is 9.90 Å². The molecule has 5 nitrogen and oxygen atoms in total. The highest BCUT2D eigenvalue weighted by Crippen LogP contribution is 2.39. The molecule has 0 atom stereocenters. The fourth-order valence-corrected chi connectivity index (χ4v) is 4.34. The van der Waals surface area contributed by atoms with Crippen LogP contribution in [0, 0.1) is 6.92 Å². The molecule has 1 aliphatic carbocycles. The van der Waals surface area contributed by atoms with Crippen LogP contribution < -0.4 is 9.47 Å². The molecule has 5 rings (SSSR count). The van der Waals surface area contributed by atoms with Gasteiger partial charge in [-0.3, -0.25) is 4.79 Å². The molecule has 28 heavy (non-hydrogen) atoms. The summed E-state index contributed by atoms with van der Waals surface area (Å²) in [6.45, 7) is 2.16. The van der Waals surface area contributed by atoms with E-state index >= 15 is 0 Å². The van der Waals surface area contributed by atoms with E-state index in [1.165, 1.54) is 24.0 Å². The van der Waals surface area contributed by atoms with Crippen molar-refractivity contribution in [2.75, 3.05) is 6.79 Å². The summed E-state index contributed by atoms with van der Waals surface area (Å²) in [5.74, 6) is 0.506. The Hall–Kier alpha value is -3.08. The highest BCUT2D eigenvalue weighted by Gasteiger charge is 2.21. The number of carboxylic acid groups (broad SMARTS) is 1. The molecule has 2 aliphatic rings. The van der Waals surface area contributed by atoms with Gasteiger partial charge < -0.3 is 14.6 Å². The Bertz CT molecular complexity index is 1120. The number of benzene rings is 2. The van der Waals surface area contributed by atoms with Crippen molar-refractivity contribution < 1.29 is 19.4 Å². The molecule has 2 heterocycles. The van der Waals surface area contributed by atoms with Crippen molar-refractivity contribution in [3.63, 3.8) is 0 Å². The van der Waals surface area contributed by atoms with Gasteiger partial charge in [0.25, 0.3) is 0 Å². The first-order chi connectivity index (χ1) is 13.6. The first-order valence-electron chi connectivity index (χ1n) is 9.67. The molecule has 1 N–H and O–H groups in total. The number of aryl methyl sites for hydroxylation is 3. The first kappa shape index (κ1) is 17.0. The number of carboxylic acids is 1. The summed E-state index contributed by atoms with van der Waals surface area (Å²) in [6, 6.07) is 10.2. The van der Waals surface area contributed by atoms with Gasteiger partial charge in [0.15, 0.2) is 11.5 Å². The lowest BCUT2D eigenvalue weighted by molar-refractivity contribution is -0.136. The predicted molar refractivity (Wildman–Crippen MR) is 106 cm³/mol. The highest BCUT2D eigenvalue weighted by molar-refractivity contribution is 5.91. The minimum absolute atomic E-state index is 0.0599. The molecule has 3 aromatic rings. The lowest BCUT2D eigenvalue weighted by Gasteiger charge is -2.19. The van der Waals surface area contributed by atoms with Gasteiger partial charge in [-0.2, -0.15) is 0 Å². The van der Waals surface area contributed by atoms with Gasteiger partial charge in [-0.15, -0.1) is 0 Å². The second kappa shape index (κ2) is 6.51. The quantitative estimate of drug-likeness (QED) is 0.733. The Kier molecular flexibility index (Phi) is 3.97. The minimum atomic E-state index is -0.857. The predicted octanol–water partition coefficient (Wildman–Crippen LogP) is 4.44. The van der Waals surface area contributed by atoms with Crippen molar-refractivity contribution in [1.29, 1.82) is 0 Å². The third-order valence-electron chi connectivity index (χ3n) is 5.82. The fourth-order valence-electron chi connectivity index (χ4n) is 4.34. The standard InChI is InChI=1S/C23H21NO4/c1-13-17-9-20-21(28-12-27-20)11-19(17)24-23(18(13)10-22(25)26)16-7-6-14-4-2-3-5-15(14)8-16/h6-9,11H,2-5,10,12H2,1H3,(H,25,26). The maximum absolute atomic E-state index is 11.6. The third kappa shape index (κ3) is 2.78. The Labute approximate surface area is 162 Å². The molecule has 0 saturated heterocycles. The van der Waals surface area contributed by atoms with Crippen LogP contribution in [0.3, 0.4) is 0 Å². The molecule has 0 spiro atoms. The zero-order valence-electron chi connectivity index (χ0n) is 15.7. The molecule has 1 aliphatic heterocycles. The lowest BCUT2D eigenvalue weighted by Crippen LogP contribution is -2.07. The van der Waals surface area contributed by atoms with E-state index < -0.39 is 5.97 Å². The maximum Gasteiger partial charge on any atom is 0.307 e. The van der Waals surface area contributed by atoms with Crippen molar-refractivity contribution in [2.45, 2.75) is 39.0 Å². The topological polar surface area (TPSA) is 68.7 Å². The Morgan fingerprint density at radius 2 is 1.82 bits per heavy atom. The molecule has 0 amide bonds. The molecule has 5 heteroatoms. The molecule has 1 aromatic heterocycles. The Morgan fingerprint density at radius 1 is 1.07 bits per heavy atom. The summed E-state index contributed by atoms with van der Waals surface area (Å²) < 4.78 is 11.0. The van der Waals surface area contributed by atoms with Gasteiger partial charge >= 0.3 is 5.97 Å². The van der Waals surface area contributed by atoms with Gasteiger partial charge in [0.1, 0.15) is 0 Å². The number of carbonyl (C=O) groups is 1. The number of hydrogen-bond acceptors (Lipinski definition) is 4. The summed E-state index contributed by atoms with van der Waals surface area (Å²) in [4.78, 5) is 16.5. The zero-order valence-corrected chi connectivity index (χ0v) is 15.7. The van der Waals surface area contributed by atoms with Gasteiger partial charge in [0.2, 0.25) is 6.79 Å². The van der Waals surface area contributed by atoms with Crippen LogP contribution >= 0.6 is 0 Å². The van der Waals surface area contributed by atoms with Crippen molar-refractivity contribution in [2.24, 2.45) is 0 Å². The van der Waals surface area contributed by atoms with Gasteiger partial charge in [0.05, 0.1) is 17.6 Å². The smallest absolute Gasteiger partial charge is 0.307 e. The van der Waals surface area contributed by atoms with Crippen LogP contribution in [0.4, 0.5) is 0 Å². The molecular formula is C23H21NO4. The van der Waals surface area contributed by atoms with Crippen molar-refractivity contribution in [1.82, 2.24) is 4.98 Å². The van der Waals surface area contributed by atoms with Crippen molar-refractivity contribution in [3.05, 3.63) is 52.6 Å². The molecule has 0 fully saturated rings. The van der Waals surface area contributed by atoms with Crippen LogP contribution in [-0.4, -0.2) is 22.9 Å². The van der Waals surface area contributed by atoms with Crippen LogP contribution in [0.2, 0.25) is 0 Å². The highest BCUT2D eigenvalue weighted by atomic mass is 16.7. The SMILES string of the molecule is Cc1c(CC(=O)O)c(-c2ccc3c(c2)CCCC3)nc2cc3c(cc12)OCO3. The largest absolute Gasteiger partial charge is 0.481 e. The molecule has 0 radical (unpaired) electrons. The molecule has 142 valence electrons. The number of rotatable bonds is 3. The van der Waals surface area contributed by atoms with Crippen LogP contribution in [0.1, 0.15) is 35.1 Å². The minimum Gasteiger partial charge on any atom is -0.481 e. The van der Waals surface area contributed by atoms with Crippen LogP contribution in [0.15, 0.2) is 30.3 Å². The van der Waals surface area contributed by atoms with E-state index in [1.807, 2.05) is 19.1 Å². The number of aliphatic carboxylic acids is 1. The Morgan fingerprint density at radius 3 is 2.61 bits per heavy atom. The van der Waals surface area contributed by atoms with E-state index in [0.29, 0.717) is 11.5 Å². The summed E-state index contributed by atoms with van der Waals surface area (Å²) in [5.41, 5.74) is 6.97. The van der Waals surface area contributed by atoms with E-state index in [4.69, 9.17) is 14.5 Å². The zero-order chi connectivity index (χ0) is 19.3. The number of pyridine rings is 1. The maximum atomic E-state index is 11.6. The number of fused-ring (bicyclic) bond motifs is 3. The number of aromatic nitrogens is 1. The van der Waals surface area contributed by atoms with E-state index in [0.717, 1.165) is 46.1 Å². The summed E-state index contributed by atoms with van der Waals surface area (Å²) in [7, 11) is 0. The lowest BCUT2D eigenvalue weighted by atomic mass is 9.88. The van der Waals surface area contributed by atoms with Crippen LogP contribution in [0.5, 0.6) is 11.5 Å². The summed E-state index contributed by atoms with van der Waals surface area (Å²) in [5, 5.41) is 10.4. The number of nitrogens with zero attached hydrogens (tertiary/aromatic N) is 1. The van der Waals surface area contributed by atoms with Gasteiger partial charge in [-0.25, -0.2) is 4.98 Å². The molecule has 0 saturated carbocycles. The van der Waals surface area contributed by atoms with Crippen molar-refractivity contribution in [3.8, 4) is 22.8 Å². The van der Waals surface area contributed by atoms with Gasteiger partial charge in [0, 0.05) is 17.0 Å². The molecule has 2 aromatic carbocycles. The van der Waals surface area contributed by atoms with Gasteiger partial charge in [-0.1, -0.05) is 12.1 Å². The van der Waals surface area contributed by atoms with Crippen LogP contribution in [0.25, 0.3) is 22.2 Å². The first-order valence-corrected chi connectivity index (χ1v) is 9.67. The fraction of sp³-hybridized carbons (Fsp3) is 0.304. The van der Waals surface area contributed by atoms with E-state index in [2.05, 4.69) is 18.2 Å². The van der Waals surface area contributed by atoms with Gasteiger partial charge in [-0.05, 0) is 67.0 Å². The monoisotopic (exact) mass is 375 g/mol. The normalized spacial score (nSPS) is 14.9. The Balaban J connectivity index is 1.74. The van der Waals surface area contributed by atoms with E-state index in [-0.39, 0.29) is 13.2 Å².